The predicted octanol–water partition coefficient (Wildman–Crippen LogP) is 9.42. The molecule has 0 N–H and O–H groups in total. The number of halogens is 2. The molecule has 0 aliphatic rings. The van der Waals surface area contributed by atoms with E-state index in [4.69, 9.17) is 32.0 Å². The number of hydrogen-bond acceptors (Lipinski definition) is 4. The Morgan fingerprint density at radius 1 is 0.806 bits per heavy atom. The molecule has 6 heteroatoms. The summed E-state index contributed by atoms with van der Waals surface area (Å²) < 4.78 is 12.1. The highest BCUT2D eigenvalue weighted by Gasteiger charge is 2.23. The Kier molecular flexibility index (Phi) is 6.52. The Morgan fingerprint density at radius 2 is 1.47 bits per heavy atom. The highest BCUT2D eigenvalue weighted by atomic mass is 35.5. The van der Waals surface area contributed by atoms with Crippen molar-refractivity contribution in [3.63, 3.8) is 0 Å². The van der Waals surface area contributed by atoms with Gasteiger partial charge in [0.2, 0.25) is 5.88 Å². The first-order valence-electron chi connectivity index (χ1n) is 11.2. The number of aryl methyl sites for hydroxylation is 2. The molecule has 3 aromatic carbocycles. The van der Waals surface area contributed by atoms with Crippen LogP contribution in [-0.2, 0) is 0 Å². The monoisotopic (exact) mass is 510 g/mol. The second-order valence-electron chi connectivity index (χ2n) is 8.39. The first kappa shape index (κ1) is 23.7. The maximum absolute atomic E-state index is 10.1. The molecule has 0 aliphatic heterocycles. The molecule has 5 aromatic rings. The normalized spacial score (nSPS) is 11.2. The molecule has 2 aromatic heterocycles. The van der Waals surface area contributed by atoms with Gasteiger partial charge in [0.1, 0.15) is 28.9 Å². The third-order valence-corrected chi connectivity index (χ3v) is 6.63. The third kappa shape index (κ3) is 4.59. The summed E-state index contributed by atoms with van der Waals surface area (Å²) in [7, 11) is 0. The Bertz CT molecular complexity index is 1620. The number of nitriles is 1. The van der Waals surface area contributed by atoms with Gasteiger partial charge in [-0.05, 0) is 43.7 Å². The zero-order valence-corrected chi connectivity index (χ0v) is 21.1. The lowest BCUT2D eigenvalue weighted by Gasteiger charge is -2.05. The molecule has 0 amide bonds. The van der Waals surface area contributed by atoms with Crippen molar-refractivity contribution >= 4 is 35.3 Å². The molecule has 0 saturated heterocycles. The highest BCUT2D eigenvalue weighted by Crippen LogP contribution is 2.43. The van der Waals surface area contributed by atoms with Crippen molar-refractivity contribution in [2.45, 2.75) is 13.8 Å². The van der Waals surface area contributed by atoms with Gasteiger partial charge in [0.05, 0.1) is 16.3 Å². The first-order chi connectivity index (χ1) is 17.4. The Morgan fingerprint density at radius 3 is 2.14 bits per heavy atom. The average Bonchev–Trinajstić information content (AvgIpc) is 3.50. The number of hydrogen-bond donors (Lipinski definition) is 0. The lowest BCUT2D eigenvalue weighted by atomic mass is 9.97. The Labute approximate surface area is 219 Å². The van der Waals surface area contributed by atoms with Crippen LogP contribution < -0.4 is 0 Å². The maximum Gasteiger partial charge on any atom is 0.238 e. The van der Waals surface area contributed by atoms with Crippen LogP contribution in [0.2, 0.25) is 10.0 Å². The molecule has 0 saturated carbocycles. The van der Waals surface area contributed by atoms with E-state index in [1.807, 2.05) is 68.4 Å². The summed E-state index contributed by atoms with van der Waals surface area (Å²) in [5, 5.41) is 11.0. The van der Waals surface area contributed by atoms with E-state index < -0.39 is 0 Å². The van der Waals surface area contributed by atoms with E-state index in [0.29, 0.717) is 44.0 Å². The topological polar surface area (TPSA) is 62.4 Å². The SMILES string of the molecule is Cc1ccc(-c2oc(N=Cc3ccc(-c4cccc(Cl)c4Cl)o3)c(C#N)c2-c2ccc(C)cc2)cc1. The summed E-state index contributed by atoms with van der Waals surface area (Å²) in [4.78, 5) is 4.49. The maximum atomic E-state index is 10.1. The molecule has 5 rings (SSSR count). The molecular formula is C30H20Cl2N2O2. The predicted molar refractivity (Wildman–Crippen MR) is 145 cm³/mol. The van der Waals surface area contributed by atoms with Gasteiger partial charge in [-0.25, -0.2) is 4.99 Å². The van der Waals surface area contributed by atoms with Gasteiger partial charge in [-0.2, -0.15) is 5.26 Å². The highest BCUT2D eigenvalue weighted by molar-refractivity contribution is 6.43. The van der Waals surface area contributed by atoms with E-state index >= 15 is 0 Å². The van der Waals surface area contributed by atoms with Gasteiger partial charge in [0, 0.05) is 16.7 Å². The fraction of sp³-hybridized carbons (Fsp3) is 0.0667. The average molecular weight is 511 g/mol. The second-order valence-corrected chi connectivity index (χ2v) is 9.18. The van der Waals surface area contributed by atoms with Gasteiger partial charge in [-0.15, -0.1) is 0 Å². The van der Waals surface area contributed by atoms with Crippen LogP contribution in [0.15, 0.2) is 92.7 Å². The summed E-state index contributed by atoms with van der Waals surface area (Å²) in [5.74, 6) is 1.84. The minimum absolute atomic E-state index is 0.211. The Hall–Kier alpha value is -4.04. The largest absolute Gasteiger partial charge is 0.455 e. The van der Waals surface area contributed by atoms with Gasteiger partial charge >= 0.3 is 0 Å². The van der Waals surface area contributed by atoms with E-state index in [2.05, 4.69) is 11.1 Å². The van der Waals surface area contributed by atoms with Crippen LogP contribution in [0.25, 0.3) is 33.8 Å². The standard InChI is InChI=1S/C30H20Cl2N2O2/c1-18-6-10-20(11-7-18)27-24(16-33)30(36-29(27)21-12-8-19(2)9-13-21)34-17-22-14-15-26(35-22)23-4-3-5-25(31)28(23)32/h3-15,17H,1-2H3. The van der Waals surface area contributed by atoms with Crippen molar-refractivity contribution in [1.29, 1.82) is 5.26 Å². The molecule has 2 heterocycles. The Balaban J connectivity index is 1.58. The van der Waals surface area contributed by atoms with E-state index in [9.17, 15) is 5.26 Å². The summed E-state index contributed by atoms with van der Waals surface area (Å²) in [6, 6.07) is 27.2. The van der Waals surface area contributed by atoms with Gasteiger partial charge in [0.25, 0.3) is 0 Å². The smallest absolute Gasteiger partial charge is 0.238 e. The number of aliphatic imine (C=N–C) groups is 1. The van der Waals surface area contributed by atoms with Gasteiger partial charge in [-0.1, -0.05) is 88.9 Å². The molecule has 176 valence electrons. The minimum Gasteiger partial charge on any atom is -0.455 e. The summed E-state index contributed by atoms with van der Waals surface area (Å²) >= 11 is 12.5. The van der Waals surface area contributed by atoms with Gasteiger partial charge in [0.15, 0.2) is 0 Å². The van der Waals surface area contributed by atoms with Gasteiger partial charge in [-0.3, -0.25) is 0 Å². The van der Waals surface area contributed by atoms with Crippen molar-refractivity contribution in [3.05, 3.63) is 111 Å². The fourth-order valence-electron chi connectivity index (χ4n) is 3.90. The van der Waals surface area contributed by atoms with Crippen molar-refractivity contribution in [3.8, 4) is 39.8 Å². The molecular weight excluding hydrogens is 491 g/mol. The number of furan rings is 2. The summed E-state index contributed by atoms with van der Waals surface area (Å²) in [6.45, 7) is 4.05. The molecule has 0 spiro atoms. The van der Waals surface area contributed by atoms with Crippen LogP contribution in [0.4, 0.5) is 5.88 Å². The molecule has 0 fully saturated rings. The lowest BCUT2D eigenvalue weighted by molar-refractivity contribution is 0.572. The van der Waals surface area contributed by atoms with Crippen LogP contribution in [-0.4, -0.2) is 6.21 Å². The molecule has 36 heavy (non-hydrogen) atoms. The summed E-state index contributed by atoms with van der Waals surface area (Å²) in [5.41, 5.74) is 5.76. The number of nitrogens with zero attached hydrogens (tertiary/aromatic N) is 2. The molecule has 0 unspecified atom stereocenters. The molecule has 0 aliphatic carbocycles. The van der Waals surface area contributed by atoms with Crippen LogP contribution >= 0.6 is 23.2 Å². The van der Waals surface area contributed by atoms with E-state index in [-0.39, 0.29) is 5.88 Å². The van der Waals surface area contributed by atoms with Crippen LogP contribution in [0.5, 0.6) is 0 Å². The molecule has 0 atom stereocenters. The van der Waals surface area contributed by atoms with Crippen LogP contribution in [0.1, 0.15) is 22.5 Å². The first-order valence-corrected chi connectivity index (χ1v) is 12.0. The van der Waals surface area contributed by atoms with Crippen molar-refractivity contribution in [2.24, 2.45) is 4.99 Å². The van der Waals surface area contributed by atoms with Crippen LogP contribution in [0.3, 0.4) is 0 Å². The molecule has 4 nitrogen and oxygen atoms in total. The van der Waals surface area contributed by atoms with Crippen molar-refractivity contribution < 1.29 is 8.83 Å². The van der Waals surface area contributed by atoms with E-state index in [1.54, 1.807) is 24.3 Å². The van der Waals surface area contributed by atoms with Crippen molar-refractivity contribution in [2.75, 3.05) is 0 Å². The van der Waals surface area contributed by atoms with Crippen molar-refractivity contribution in [1.82, 2.24) is 0 Å². The van der Waals surface area contributed by atoms with Gasteiger partial charge < -0.3 is 8.83 Å². The molecule has 0 radical (unpaired) electrons. The van der Waals surface area contributed by atoms with E-state index in [0.717, 1.165) is 22.3 Å². The number of rotatable bonds is 5. The lowest BCUT2D eigenvalue weighted by Crippen LogP contribution is -1.85. The summed E-state index contributed by atoms with van der Waals surface area (Å²) in [6.07, 6.45) is 1.53. The quantitative estimate of drug-likeness (QED) is 0.221. The number of benzene rings is 3. The van der Waals surface area contributed by atoms with Crippen LogP contribution in [0, 0.1) is 25.2 Å². The third-order valence-electron chi connectivity index (χ3n) is 5.81. The minimum atomic E-state index is 0.211. The molecule has 0 bridgehead atoms. The second kappa shape index (κ2) is 9.91. The zero-order valence-electron chi connectivity index (χ0n) is 19.5. The zero-order chi connectivity index (χ0) is 25.2. The fourth-order valence-corrected chi connectivity index (χ4v) is 4.29. The van der Waals surface area contributed by atoms with E-state index in [1.165, 1.54) is 6.21 Å².